The van der Waals surface area contributed by atoms with Crippen molar-refractivity contribution in [3.8, 4) is 22.8 Å². The van der Waals surface area contributed by atoms with Crippen molar-refractivity contribution in [2.75, 3.05) is 0 Å². The van der Waals surface area contributed by atoms with Crippen molar-refractivity contribution in [3.05, 3.63) is 285 Å². The molecule has 9 heteroatoms. The van der Waals surface area contributed by atoms with E-state index in [-0.39, 0.29) is 0 Å². The third-order valence-corrected chi connectivity index (χ3v) is 28.1. The zero-order chi connectivity index (χ0) is 49.1. The summed E-state index contributed by atoms with van der Waals surface area (Å²) in [5.74, 6) is 1.63. The van der Waals surface area contributed by atoms with Gasteiger partial charge in [-0.3, -0.25) is 9.13 Å². The third-order valence-electron chi connectivity index (χ3n) is 14.6. The van der Waals surface area contributed by atoms with Gasteiger partial charge in [0.25, 0.3) is 0 Å². The fourth-order valence-electron chi connectivity index (χ4n) is 11.3. The Bertz CT molecular complexity index is 3780. The zero-order valence-corrected chi connectivity index (χ0v) is 43.2. The predicted molar refractivity (Wildman–Crippen MR) is 309 cm³/mol. The molecule has 0 atom stereocenters. The molecule has 0 unspecified atom stereocenters. The highest BCUT2D eigenvalue weighted by molar-refractivity contribution is 7.16. The minimum absolute atomic E-state index is 0.815. The molecule has 1 aliphatic heterocycles. The number of hydrogen-bond acceptors (Lipinski definition) is 4. The summed E-state index contributed by atoms with van der Waals surface area (Å²) in [6, 6.07) is 101. The molecule has 1 saturated heterocycles. The average Bonchev–Trinajstić information content (AvgIpc) is 4.01. The Balaban J connectivity index is 1.07. The zero-order valence-electron chi connectivity index (χ0n) is 40.2. The average molecular weight is 1000 g/mol. The maximum atomic E-state index is 8.30. The molecule has 0 spiro atoms. The number of hydrogen-bond donors (Lipinski definition) is 0. The largest absolute Gasteiger partial charge is 0.402 e. The van der Waals surface area contributed by atoms with Crippen LogP contribution in [0.3, 0.4) is 0 Å². The van der Waals surface area contributed by atoms with Crippen LogP contribution in [0.1, 0.15) is 0 Å². The molecule has 10 aromatic carbocycles. The summed E-state index contributed by atoms with van der Waals surface area (Å²) in [5.41, 5.74) is 6.37. The van der Waals surface area contributed by atoms with E-state index in [2.05, 4.69) is 294 Å². The summed E-state index contributed by atoms with van der Waals surface area (Å²) in [7, 11) is -11.4. The maximum absolute atomic E-state index is 8.30. The molecule has 0 N–H and O–H groups in total. The molecule has 0 bridgehead atoms. The van der Waals surface area contributed by atoms with Crippen LogP contribution in [0.15, 0.2) is 285 Å². The molecule has 4 heterocycles. The molecule has 0 aliphatic carbocycles. The van der Waals surface area contributed by atoms with Crippen molar-refractivity contribution in [2.45, 2.75) is 0 Å². The van der Waals surface area contributed by atoms with Gasteiger partial charge in [-0.05, 0) is 78.6 Å². The summed E-state index contributed by atoms with van der Waals surface area (Å²) in [6.45, 7) is 0. The molecule has 14 rings (SSSR count). The predicted octanol–water partition coefficient (Wildman–Crippen LogP) is 11.1. The van der Waals surface area contributed by atoms with Crippen molar-refractivity contribution in [1.29, 1.82) is 0 Å². The maximum Gasteiger partial charge on any atom is 0.390 e. The van der Waals surface area contributed by atoms with Gasteiger partial charge in [0, 0.05) is 21.5 Å². The first-order chi connectivity index (χ1) is 36.6. The van der Waals surface area contributed by atoms with E-state index < -0.39 is 25.7 Å². The van der Waals surface area contributed by atoms with Crippen LogP contribution in [0.2, 0.25) is 0 Å². The number of pyridine rings is 1. The minimum atomic E-state index is -3.91. The molecule has 352 valence electrons. The first kappa shape index (κ1) is 44.2. The second-order valence-electron chi connectivity index (χ2n) is 18.9. The molecule has 13 aromatic rings. The summed E-state index contributed by atoms with van der Waals surface area (Å²) in [4.78, 5) is 5.67. The molecular weight excluding hydrogens is 955 g/mol. The molecule has 1 aliphatic rings. The Morgan fingerprint density at radius 2 is 0.514 bits per heavy atom. The Hall–Kier alpha value is -8.52. The number of benzene rings is 10. The molecule has 74 heavy (non-hydrogen) atoms. The van der Waals surface area contributed by atoms with Gasteiger partial charge in [-0.15, -0.1) is 0 Å². The van der Waals surface area contributed by atoms with Crippen molar-refractivity contribution < 1.29 is 12.3 Å². The van der Waals surface area contributed by atoms with Crippen LogP contribution in [-0.2, 0) is 12.3 Å². The van der Waals surface area contributed by atoms with Gasteiger partial charge < -0.3 is 12.3 Å². The standard InChI is InChI=1S/C65H47N3O3Si3/c1-6-26-50(27-7-1)72(51-28-8-2-9-29-51)69-73(52-30-10-3-11-31-52,53-32-12-4-13-33-53)71-74(70-72,54-34-14-5-15-35-54)55-36-24-25-48(45-55)49-46-64(67-60-41-20-16-37-56(60)57-38-17-21-42-61(57)67)66-65(47-49)68-62-43-22-18-39-58(62)59-40-19-23-44-63(59)68/h1-47H. The van der Waals surface area contributed by atoms with Crippen molar-refractivity contribution in [1.82, 2.24) is 14.1 Å². The molecule has 1 fully saturated rings. The van der Waals surface area contributed by atoms with Gasteiger partial charge >= 0.3 is 25.7 Å². The fraction of sp³-hybridized carbons (Fsp3) is 0. The van der Waals surface area contributed by atoms with Crippen molar-refractivity contribution in [2.24, 2.45) is 0 Å². The van der Waals surface area contributed by atoms with Crippen LogP contribution < -0.4 is 31.1 Å². The fourth-order valence-corrected chi connectivity index (χ4v) is 28.3. The van der Waals surface area contributed by atoms with E-state index in [0.29, 0.717) is 0 Å². The highest BCUT2D eigenvalue weighted by Crippen LogP contribution is 2.38. The lowest BCUT2D eigenvalue weighted by Crippen LogP contribution is -2.88. The molecule has 3 aromatic heterocycles. The third kappa shape index (κ3) is 7.05. The summed E-state index contributed by atoms with van der Waals surface area (Å²) in [6.07, 6.45) is 0. The first-order valence-corrected chi connectivity index (χ1v) is 30.6. The Kier molecular flexibility index (Phi) is 10.7. The number of rotatable bonds is 9. The lowest BCUT2D eigenvalue weighted by Gasteiger charge is -2.53. The second-order valence-corrected chi connectivity index (χ2v) is 28.5. The molecule has 0 saturated carbocycles. The molecule has 6 nitrogen and oxygen atoms in total. The molecule has 0 radical (unpaired) electrons. The Morgan fingerprint density at radius 1 is 0.243 bits per heavy atom. The van der Waals surface area contributed by atoms with Crippen LogP contribution in [0.4, 0.5) is 0 Å². The molecular formula is C65H47N3O3Si3. The summed E-state index contributed by atoms with van der Waals surface area (Å²) in [5, 5.41) is 10.7. The van der Waals surface area contributed by atoms with Crippen molar-refractivity contribution in [3.63, 3.8) is 0 Å². The van der Waals surface area contributed by atoms with Gasteiger partial charge in [0.2, 0.25) is 0 Å². The first-order valence-electron chi connectivity index (χ1n) is 25.1. The lowest BCUT2D eigenvalue weighted by atomic mass is 10.1. The Labute approximate surface area is 432 Å². The number of fused-ring (bicyclic) bond motifs is 6. The van der Waals surface area contributed by atoms with Crippen LogP contribution in [0.25, 0.3) is 66.4 Å². The second kappa shape index (κ2) is 17.9. The monoisotopic (exact) mass is 1000 g/mol. The normalized spacial score (nSPS) is 14.9. The summed E-state index contributed by atoms with van der Waals surface area (Å²) < 4.78 is 29.4. The van der Waals surface area contributed by atoms with Crippen LogP contribution in [-0.4, -0.2) is 39.8 Å². The number of nitrogens with zero attached hydrogens (tertiary/aromatic N) is 3. The van der Waals surface area contributed by atoms with E-state index >= 15 is 0 Å². The minimum Gasteiger partial charge on any atom is -0.402 e. The Morgan fingerprint density at radius 3 is 0.838 bits per heavy atom. The van der Waals surface area contributed by atoms with E-state index in [1.54, 1.807) is 0 Å². The van der Waals surface area contributed by atoms with Crippen LogP contribution in [0, 0.1) is 0 Å². The van der Waals surface area contributed by atoms with Gasteiger partial charge in [-0.25, -0.2) is 4.98 Å². The van der Waals surface area contributed by atoms with Crippen molar-refractivity contribution >= 4 is 100 Å². The quantitative estimate of drug-likeness (QED) is 0.135. The van der Waals surface area contributed by atoms with Crippen LogP contribution in [0.5, 0.6) is 0 Å². The van der Waals surface area contributed by atoms with E-state index in [9.17, 15) is 0 Å². The lowest BCUT2D eigenvalue weighted by molar-refractivity contribution is 0.268. The SMILES string of the molecule is c1ccc([Si]2(c3ccccc3)O[Si](c3ccccc3)(c3ccccc3)O[Si](c3ccccc3)(c3cccc(-c4cc(-n5c6ccccc6c6ccccc65)nc(-n5c6ccccc6c6ccccc65)c4)c3)O2)cc1. The van der Waals surface area contributed by atoms with Crippen LogP contribution >= 0.6 is 0 Å². The van der Waals surface area contributed by atoms with Gasteiger partial charge in [-0.1, -0.05) is 249 Å². The van der Waals surface area contributed by atoms with Gasteiger partial charge in [-0.2, -0.15) is 0 Å². The molecule has 0 amide bonds. The van der Waals surface area contributed by atoms with Gasteiger partial charge in [0.1, 0.15) is 11.6 Å². The smallest absolute Gasteiger partial charge is 0.390 e. The highest BCUT2D eigenvalue weighted by Gasteiger charge is 2.67. The van der Waals surface area contributed by atoms with E-state index in [1.807, 2.05) is 0 Å². The van der Waals surface area contributed by atoms with E-state index in [4.69, 9.17) is 17.3 Å². The number of para-hydroxylation sites is 4. The van der Waals surface area contributed by atoms with E-state index in [1.165, 1.54) is 21.5 Å². The highest BCUT2D eigenvalue weighted by atomic mass is 28.5. The van der Waals surface area contributed by atoms with Gasteiger partial charge in [0.05, 0.1) is 22.1 Å². The summed E-state index contributed by atoms with van der Waals surface area (Å²) >= 11 is 0. The van der Waals surface area contributed by atoms with E-state index in [0.717, 1.165) is 75.9 Å². The van der Waals surface area contributed by atoms with Gasteiger partial charge in [0.15, 0.2) is 0 Å². The number of aromatic nitrogens is 3. The topological polar surface area (TPSA) is 50.4 Å².